The maximum absolute atomic E-state index is 12.0. The fraction of sp³-hybridized carbons (Fsp3) is 0. The highest BCUT2D eigenvalue weighted by atomic mass is 16.1. The zero-order chi connectivity index (χ0) is 11.0. The molecule has 3 aromatic rings. The van der Waals surface area contributed by atoms with Crippen LogP contribution >= 0.6 is 0 Å². The van der Waals surface area contributed by atoms with E-state index in [0.717, 1.165) is 0 Å². The van der Waals surface area contributed by atoms with E-state index in [-0.39, 0.29) is 11.5 Å². The van der Waals surface area contributed by atoms with Crippen LogP contribution < -0.4 is 10.7 Å². The molecule has 0 aliphatic rings. The molecule has 2 aromatic heterocycles. The molecule has 7 heteroatoms. The van der Waals surface area contributed by atoms with Gasteiger partial charge in [0.2, 0.25) is 5.56 Å². The van der Waals surface area contributed by atoms with Crippen LogP contribution in [0.4, 0.5) is 0 Å². The molecule has 1 aromatic carbocycles. The van der Waals surface area contributed by atoms with Gasteiger partial charge in [0.25, 0.3) is 0 Å². The molecule has 2 heterocycles. The van der Waals surface area contributed by atoms with Crippen molar-refractivity contribution < 1.29 is 0 Å². The van der Waals surface area contributed by atoms with E-state index in [2.05, 4.69) is 25.6 Å². The third kappa shape index (κ3) is 1.18. The van der Waals surface area contributed by atoms with Gasteiger partial charge in [-0.25, -0.2) is 10.1 Å². The number of para-hydroxylation sites is 1. The molecule has 16 heavy (non-hydrogen) atoms. The predicted octanol–water partition coefficient (Wildman–Crippen LogP) is -0.472. The largest absolute Gasteiger partial charge is 0.300 e. The molecule has 0 N–H and O–H groups in total. The molecule has 78 valence electrons. The predicted molar refractivity (Wildman–Crippen MR) is 54.0 cm³/mol. The second-order valence-corrected chi connectivity index (χ2v) is 3.12. The van der Waals surface area contributed by atoms with Gasteiger partial charge in [0.05, 0.1) is 17.2 Å². The average Bonchev–Trinajstić information content (AvgIpc) is 2.83. The minimum atomic E-state index is -0.236. The first-order valence-corrected chi connectivity index (χ1v) is 4.52. The summed E-state index contributed by atoms with van der Waals surface area (Å²) < 4.78 is 1.21. The number of fused-ring (bicyclic) bond motifs is 1. The van der Waals surface area contributed by atoms with Crippen molar-refractivity contribution in [2.24, 2.45) is 0 Å². The Hall–Kier alpha value is -2.57. The van der Waals surface area contributed by atoms with E-state index < -0.39 is 0 Å². The van der Waals surface area contributed by atoms with Crippen molar-refractivity contribution in [3.05, 3.63) is 40.9 Å². The van der Waals surface area contributed by atoms with Gasteiger partial charge in [-0.2, -0.15) is 5.21 Å². The lowest BCUT2D eigenvalue weighted by Crippen LogP contribution is -2.20. The lowest BCUT2D eigenvalue weighted by molar-refractivity contribution is 0.863. The van der Waals surface area contributed by atoms with Crippen LogP contribution in [-0.4, -0.2) is 25.1 Å². The molecule has 0 unspecified atom stereocenters. The molecule has 0 aliphatic heterocycles. The molecule has 7 nitrogen and oxygen atoms in total. The summed E-state index contributed by atoms with van der Waals surface area (Å²) in [5.74, 6) is 0.128. The van der Waals surface area contributed by atoms with E-state index in [1.54, 1.807) is 18.2 Å². The van der Waals surface area contributed by atoms with Gasteiger partial charge in [0.1, 0.15) is 5.95 Å². The molecular formula is C9H5N6O-. The first-order chi connectivity index (χ1) is 7.86. The molecule has 0 spiro atoms. The molecule has 0 aliphatic carbocycles. The second kappa shape index (κ2) is 3.23. The summed E-state index contributed by atoms with van der Waals surface area (Å²) in [6.07, 6.45) is 1.36. The Kier molecular flexibility index (Phi) is 1.76. The molecule has 0 saturated carbocycles. The molecular weight excluding hydrogens is 208 g/mol. The number of hydrogen-bond donors (Lipinski definition) is 0. The Morgan fingerprint density at radius 1 is 1.25 bits per heavy atom. The molecule has 0 saturated heterocycles. The third-order valence-electron chi connectivity index (χ3n) is 2.19. The highest BCUT2D eigenvalue weighted by molar-refractivity contribution is 5.77. The lowest BCUT2D eigenvalue weighted by Gasteiger charge is -2.06. The minimum Gasteiger partial charge on any atom is -0.300 e. The normalized spacial score (nSPS) is 10.8. The van der Waals surface area contributed by atoms with Gasteiger partial charge in [0, 0.05) is 0 Å². The fourth-order valence-electron chi connectivity index (χ4n) is 1.45. The zero-order valence-corrected chi connectivity index (χ0v) is 7.98. The molecule has 0 atom stereocenters. The standard InChI is InChI=1S/C9H5N6O/c16-8-6-3-1-2-4-7(6)10-5-15(8)9-11-13-14-12-9/h1-5H/q-1. The SMILES string of the molecule is O=c1c2ccccc2ncn1-c1nnn[n-]1. The Bertz CT molecular complexity index is 687. The van der Waals surface area contributed by atoms with Crippen molar-refractivity contribution in [1.29, 1.82) is 0 Å². The fourth-order valence-corrected chi connectivity index (χ4v) is 1.45. The van der Waals surface area contributed by atoms with Gasteiger partial charge in [-0.15, -0.1) is 5.21 Å². The minimum absolute atomic E-state index is 0.128. The van der Waals surface area contributed by atoms with E-state index in [9.17, 15) is 4.79 Å². The number of nitrogens with zero attached hydrogens (tertiary/aromatic N) is 6. The summed E-state index contributed by atoms with van der Waals surface area (Å²) in [5.41, 5.74) is 0.400. The van der Waals surface area contributed by atoms with Crippen molar-refractivity contribution in [1.82, 2.24) is 30.2 Å². The van der Waals surface area contributed by atoms with Gasteiger partial charge >= 0.3 is 0 Å². The van der Waals surface area contributed by atoms with Gasteiger partial charge in [-0.3, -0.25) is 14.5 Å². The highest BCUT2D eigenvalue weighted by Gasteiger charge is 2.01. The van der Waals surface area contributed by atoms with Crippen LogP contribution in [0.15, 0.2) is 35.4 Å². The first kappa shape index (κ1) is 8.72. The van der Waals surface area contributed by atoms with Crippen LogP contribution in [0.2, 0.25) is 0 Å². The Morgan fingerprint density at radius 3 is 2.94 bits per heavy atom. The number of tetrazole rings is 1. The summed E-state index contributed by atoms with van der Waals surface area (Å²) >= 11 is 0. The third-order valence-corrected chi connectivity index (χ3v) is 2.19. The lowest BCUT2D eigenvalue weighted by atomic mass is 10.2. The van der Waals surface area contributed by atoms with E-state index in [4.69, 9.17) is 0 Å². The average molecular weight is 213 g/mol. The Balaban J connectivity index is 2.37. The number of aromatic nitrogens is 6. The number of rotatable bonds is 1. The van der Waals surface area contributed by atoms with E-state index in [1.165, 1.54) is 10.9 Å². The topological polar surface area (TPSA) is 87.7 Å². The summed E-state index contributed by atoms with van der Waals surface area (Å²) in [5, 5.41) is 14.4. The second-order valence-electron chi connectivity index (χ2n) is 3.12. The van der Waals surface area contributed by atoms with Gasteiger partial charge < -0.3 is 0 Å². The smallest absolute Gasteiger partial charge is 0.226 e. The Morgan fingerprint density at radius 2 is 2.12 bits per heavy atom. The maximum atomic E-state index is 12.0. The van der Waals surface area contributed by atoms with E-state index in [1.807, 2.05) is 6.07 Å². The van der Waals surface area contributed by atoms with E-state index in [0.29, 0.717) is 10.9 Å². The summed E-state index contributed by atoms with van der Waals surface area (Å²) in [6, 6.07) is 7.06. The van der Waals surface area contributed by atoms with Gasteiger partial charge in [-0.1, -0.05) is 12.1 Å². The van der Waals surface area contributed by atoms with Crippen LogP contribution in [0.1, 0.15) is 0 Å². The summed E-state index contributed by atoms with van der Waals surface area (Å²) in [4.78, 5) is 16.1. The van der Waals surface area contributed by atoms with Crippen LogP contribution in [0.3, 0.4) is 0 Å². The van der Waals surface area contributed by atoms with Gasteiger partial charge in [-0.05, 0) is 12.1 Å². The highest BCUT2D eigenvalue weighted by Crippen LogP contribution is 2.05. The van der Waals surface area contributed by atoms with Crippen molar-refractivity contribution in [2.45, 2.75) is 0 Å². The van der Waals surface area contributed by atoms with Gasteiger partial charge in [0.15, 0.2) is 0 Å². The van der Waals surface area contributed by atoms with Crippen molar-refractivity contribution in [3.8, 4) is 5.95 Å². The maximum Gasteiger partial charge on any atom is 0.226 e. The zero-order valence-electron chi connectivity index (χ0n) is 7.98. The molecule has 0 bridgehead atoms. The monoisotopic (exact) mass is 213 g/mol. The van der Waals surface area contributed by atoms with Crippen LogP contribution in [-0.2, 0) is 0 Å². The first-order valence-electron chi connectivity index (χ1n) is 4.52. The van der Waals surface area contributed by atoms with Crippen LogP contribution in [0.5, 0.6) is 0 Å². The summed E-state index contributed by atoms with van der Waals surface area (Å²) in [7, 11) is 0. The van der Waals surface area contributed by atoms with Crippen molar-refractivity contribution in [3.63, 3.8) is 0 Å². The van der Waals surface area contributed by atoms with Crippen LogP contribution in [0, 0.1) is 0 Å². The molecule has 0 fully saturated rings. The quantitative estimate of drug-likeness (QED) is 0.543. The van der Waals surface area contributed by atoms with Crippen LogP contribution in [0.25, 0.3) is 16.9 Å². The van der Waals surface area contributed by atoms with Crippen molar-refractivity contribution >= 4 is 10.9 Å². The van der Waals surface area contributed by atoms with Crippen molar-refractivity contribution in [2.75, 3.05) is 0 Å². The van der Waals surface area contributed by atoms with E-state index >= 15 is 0 Å². The molecule has 0 amide bonds. The number of hydrogen-bond acceptors (Lipinski definition) is 5. The number of benzene rings is 1. The molecule has 0 radical (unpaired) electrons. The summed E-state index contributed by atoms with van der Waals surface area (Å²) in [6.45, 7) is 0. The Labute approximate surface area is 88.8 Å². The molecule has 3 rings (SSSR count).